The Balaban J connectivity index is 2.36. The number of nitrogens with one attached hydrogen (secondary N) is 1. The van der Waals surface area contributed by atoms with Crippen LogP contribution in [0.5, 0.6) is 0 Å². The van der Waals surface area contributed by atoms with Crippen molar-refractivity contribution in [1.29, 1.82) is 0 Å². The van der Waals surface area contributed by atoms with Crippen LogP contribution in [0.25, 0.3) is 0 Å². The molecule has 1 rings (SSSR count). The lowest BCUT2D eigenvalue weighted by atomic mass is 9.83. The Bertz CT molecular complexity index is 378. The molecule has 0 aromatic heterocycles. The summed E-state index contributed by atoms with van der Waals surface area (Å²) in [5.41, 5.74) is 0. The molecule has 1 aliphatic carbocycles. The van der Waals surface area contributed by atoms with Gasteiger partial charge in [-0.25, -0.2) is 0 Å². The van der Waals surface area contributed by atoms with Gasteiger partial charge in [-0.15, -0.1) is 0 Å². The van der Waals surface area contributed by atoms with Crippen LogP contribution in [-0.4, -0.2) is 50.0 Å². The highest BCUT2D eigenvalue weighted by atomic mass is 16.5. The molecular weight excluding hydrogens is 310 g/mol. The molecule has 0 amide bonds. The Morgan fingerprint density at radius 2 is 1.79 bits per heavy atom. The van der Waals surface area contributed by atoms with Gasteiger partial charge in [-0.3, -0.25) is 9.59 Å². The van der Waals surface area contributed by atoms with Gasteiger partial charge in [-0.05, 0) is 49.9 Å². The second kappa shape index (κ2) is 11.4. The van der Waals surface area contributed by atoms with Gasteiger partial charge in [-0.1, -0.05) is 13.8 Å². The van der Waals surface area contributed by atoms with Crippen LogP contribution in [-0.2, 0) is 19.1 Å². The van der Waals surface area contributed by atoms with Gasteiger partial charge in [0.2, 0.25) is 0 Å². The minimum atomic E-state index is -0.386. The predicted octanol–water partition coefficient (Wildman–Crippen LogP) is 1.90. The maximum Gasteiger partial charge on any atom is 0.323 e. The number of aliphatic hydroxyl groups is 1. The van der Waals surface area contributed by atoms with Crippen LogP contribution in [0.15, 0.2) is 0 Å². The fourth-order valence-corrected chi connectivity index (χ4v) is 3.07. The summed E-state index contributed by atoms with van der Waals surface area (Å²) in [6.45, 7) is 5.22. The zero-order valence-electron chi connectivity index (χ0n) is 15.3. The maximum absolute atomic E-state index is 12.3. The lowest BCUT2D eigenvalue weighted by molar-refractivity contribution is -0.149. The molecule has 0 bridgehead atoms. The number of aliphatic hydroxyl groups excluding tert-OH is 1. The third-order valence-corrected chi connectivity index (χ3v) is 4.62. The Morgan fingerprint density at radius 1 is 1.17 bits per heavy atom. The highest BCUT2D eigenvalue weighted by molar-refractivity contribution is 5.76. The molecule has 1 atom stereocenters. The lowest BCUT2D eigenvalue weighted by Gasteiger charge is -2.27. The number of carbonyl (C=O) groups excluding carboxylic acids is 2. The van der Waals surface area contributed by atoms with Gasteiger partial charge in [-0.2, -0.15) is 0 Å². The molecule has 0 heterocycles. The van der Waals surface area contributed by atoms with Crippen LogP contribution in [0.1, 0.15) is 52.4 Å². The summed E-state index contributed by atoms with van der Waals surface area (Å²) >= 11 is 0. The number of methoxy groups -OCH3 is 1. The van der Waals surface area contributed by atoms with Gasteiger partial charge in [0.25, 0.3) is 0 Å². The second-order valence-electron chi connectivity index (χ2n) is 7.16. The van der Waals surface area contributed by atoms with E-state index in [9.17, 15) is 9.59 Å². The van der Waals surface area contributed by atoms with Crippen LogP contribution < -0.4 is 5.32 Å². The van der Waals surface area contributed by atoms with E-state index >= 15 is 0 Å². The molecule has 2 N–H and O–H groups in total. The lowest BCUT2D eigenvalue weighted by Crippen LogP contribution is -2.41. The number of hydrogen-bond acceptors (Lipinski definition) is 6. The molecule has 0 radical (unpaired) electrons. The first-order valence-electron chi connectivity index (χ1n) is 9.03. The molecule has 1 aliphatic rings. The highest BCUT2D eigenvalue weighted by Crippen LogP contribution is 2.28. The highest BCUT2D eigenvalue weighted by Gasteiger charge is 2.25. The van der Waals surface area contributed by atoms with Crippen LogP contribution in [0.3, 0.4) is 0 Å². The summed E-state index contributed by atoms with van der Waals surface area (Å²) in [6, 6.07) is -0.386. The van der Waals surface area contributed by atoms with Crippen LogP contribution in [0.4, 0.5) is 0 Å². The standard InChI is InChI=1S/C18H33NO5/c1-13(2)10-16(19-9-8-17(21)23-3)18(22)24-12-15-6-4-14(11-20)5-7-15/h13-16,19-20H,4-12H2,1-3H3. The van der Waals surface area contributed by atoms with Crippen molar-refractivity contribution >= 4 is 11.9 Å². The zero-order valence-corrected chi connectivity index (χ0v) is 15.3. The molecule has 0 aliphatic heterocycles. The van der Waals surface area contributed by atoms with E-state index in [0.717, 1.165) is 25.7 Å². The molecule has 1 fully saturated rings. The van der Waals surface area contributed by atoms with E-state index in [0.29, 0.717) is 37.3 Å². The molecule has 0 aromatic carbocycles. The van der Waals surface area contributed by atoms with Gasteiger partial charge < -0.3 is 19.9 Å². The van der Waals surface area contributed by atoms with E-state index in [2.05, 4.69) is 23.9 Å². The Hall–Kier alpha value is -1.14. The van der Waals surface area contributed by atoms with Gasteiger partial charge in [0.1, 0.15) is 6.04 Å². The monoisotopic (exact) mass is 343 g/mol. The minimum absolute atomic E-state index is 0.238. The molecular formula is C18H33NO5. The normalized spacial score (nSPS) is 22.2. The minimum Gasteiger partial charge on any atom is -0.469 e. The zero-order chi connectivity index (χ0) is 17.9. The Labute approximate surface area is 145 Å². The molecule has 0 aromatic rings. The van der Waals surface area contributed by atoms with Crippen molar-refractivity contribution in [1.82, 2.24) is 5.32 Å². The van der Waals surface area contributed by atoms with Crippen molar-refractivity contribution in [2.75, 3.05) is 26.9 Å². The van der Waals surface area contributed by atoms with Crippen molar-refractivity contribution in [3.05, 3.63) is 0 Å². The number of ether oxygens (including phenoxy) is 2. The second-order valence-corrected chi connectivity index (χ2v) is 7.16. The first-order valence-corrected chi connectivity index (χ1v) is 9.03. The Kier molecular flexibility index (Phi) is 9.95. The quantitative estimate of drug-likeness (QED) is 0.589. The van der Waals surface area contributed by atoms with E-state index in [-0.39, 0.29) is 31.0 Å². The molecule has 6 heteroatoms. The molecule has 0 saturated heterocycles. The van der Waals surface area contributed by atoms with E-state index in [1.165, 1.54) is 7.11 Å². The first-order chi connectivity index (χ1) is 11.5. The fourth-order valence-electron chi connectivity index (χ4n) is 3.07. The topological polar surface area (TPSA) is 84.9 Å². The summed E-state index contributed by atoms with van der Waals surface area (Å²) in [5, 5.41) is 12.3. The average molecular weight is 343 g/mol. The third-order valence-electron chi connectivity index (χ3n) is 4.62. The maximum atomic E-state index is 12.3. The first kappa shape index (κ1) is 20.9. The molecule has 6 nitrogen and oxygen atoms in total. The van der Waals surface area contributed by atoms with Crippen molar-refractivity contribution in [3.63, 3.8) is 0 Å². The van der Waals surface area contributed by atoms with Crippen molar-refractivity contribution in [3.8, 4) is 0 Å². The average Bonchev–Trinajstić information content (AvgIpc) is 2.58. The van der Waals surface area contributed by atoms with E-state index in [1.54, 1.807) is 0 Å². The number of hydrogen-bond donors (Lipinski definition) is 2. The predicted molar refractivity (Wildman–Crippen MR) is 91.4 cm³/mol. The van der Waals surface area contributed by atoms with Crippen molar-refractivity contribution in [2.24, 2.45) is 17.8 Å². The van der Waals surface area contributed by atoms with Crippen LogP contribution >= 0.6 is 0 Å². The summed E-state index contributed by atoms with van der Waals surface area (Å²) in [5.74, 6) is 0.628. The van der Waals surface area contributed by atoms with Gasteiger partial charge in [0.15, 0.2) is 0 Å². The van der Waals surface area contributed by atoms with E-state index in [4.69, 9.17) is 9.84 Å². The smallest absolute Gasteiger partial charge is 0.323 e. The summed E-state index contributed by atoms with van der Waals surface area (Å²) in [4.78, 5) is 23.5. The number of carbonyl (C=O) groups is 2. The van der Waals surface area contributed by atoms with E-state index in [1.807, 2.05) is 0 Å². The molecule has 24 heavy (non-hydrogen) atoms. The van der Waals surface area contributed by atoms with E-state index < -0.39 is 0 Å². The van der Waals surface area contributed by atoms with Gasteiger partial charge in [0.05, 0.1) is 20.1 Å². The number of rotatable bonds is 10. The molecule has 1 unspecified atom stereocenters. The van der Waals surface area contributed by atoms with Crippen molar-refractivity contribution < 1.29 is 24.2 Å². The fraction of sp³-hybridized carbons (Fsp3) is 0.889. The third kappa shape index (κ3) is 8.11. The summed E-state index contributed by atoms with van der Waals surface area (Å²) < 4.78 is 10.1. The molecule has 140 valence electrons. The van der Waals surface area contributed by atoms with Gasteiger partial charge in [0, 0.05) is 13.2 Å². The van der Waals surface area contributed by atoms with Crippen molar-refractivity contribution in [2.45, 2.75) is 58.4 Å². The van der Waals surface area contributed by atoms with Crippen LogP contribution in [0.2, 0.25) is 0 Å². The molecule has 1 saturated carbocycles. The summed E-state index contributed by atoms with van der Waals surface area (Å²) in [7, 11) is 1.35. The largest absolute Gasteiger partial charge is 0.469 e. The SMILES string of the molecule is COC(=O)CCNC(CC(C)C)C(=O)OCC1CCC(CO)CC1. The van der Waals surface area contributed by atoms with Crippen LogP contribution in [0, 0.1) is 17.8 Å². The molecule has 0 spiro atoms. The van der Waals surface area contributed by atoms with Gasteiger partial charge >= 0.3 is 11.9 Å². The summed E-state index contributed by atoms with van der Waals surface area (Å²) in [6.07, 6.45) is 4.93. The Morgan fingerprint density at radius 3 is 2.33 bits per heavy atom. The number of esters is 2.